The molecule has 41 heavy (non-hydrogen) atoms. The van der Waals surface area contributed by atoms with E-state index in [9.17, 15) is 4.79 Å². The largest absolute Gasteiger partial charge is 0.497 e. The molecule has 4 aromatic rings. The molecule has 0 aliphatic carbocycles. The van der Waals surface area contributed by atoms with Crippen LogP contribution in [0.1, 0.15) is 44.6 Å². The molecule has 0 bridgehead atoms. The first-order valence-corrected chi connectivity index (χ1v) is 13.9. The molecule has 6 nitrogen and oxygen atoms in total. The first-order valence-electron chi connectivity index (χ1n) is 13.9. The molecule has 5 rings (SSSR count). The summed E-state index contributed by atoms with van der Waals surface area (Å²) in [6.45, 7) is 2.98. The molecule has 0 saturated carbocycles. The number of anilines is 1. The van der Waals surface area contributed by atoms with Crippen molar-refractivity contribution in [2.45, 2.75) is 25.4 Å². The minimum atomic E-state index is -0.951. The highest BCUT2D eigenvalue weighted by molar-refractivity contribution is 6.07. The van der Waals surface area contributed by atoms with Crippen LogP contribution in [0.3, 0.4) is 0 Å². The van der Waals surface area contributed by atoms with Crippen molar-refractivity contribution in [1.29, 1.82) is 0 Å². The molecular weight excluding hydrogens is 512 g/mol. The van der Waals surface area contributed by atoms with E-state index in [1.165, 1.54) is 12.7 Å². The Morgan fingerprint density at radius 1 is 1.00 bits per heavy atom. The van der Waals surface area contributed by atoms with Crippen molar-refractivity contribution in [3.63, 3.8) is 0 Å². The van der Waals surface area contributed by atoms with Gasteiger partial charge < -0.3 is 24.4 Å². The van der Waals surface area contributed by atoms with Crippen molar-refractivity contribution in [2.75, 3.05) is 47.2 Å². The lowest BCUT2D eigenvalue weighted by Crippen LogP contribution is -2.35. The van der Waals surface area contributed by atoms with Gasteiger partial charge in [0, 0.05) is 34.8 Å². The van der Waals surface area contributed by atoms with E-state index < -0.39 is 11.6 Å². The van der Waals surface area contributed by atoms with Crippen LogP contribution >= 0.6 is 0 Å². The third-order valence-corrected chi connectivity index (χ3v) is 7.93. The molecule has 1 aliphatic rings. The number of fused-ring (bicyclic) bond motifs is 3. The topological polar surface area (TPSA) is 60.0 Å². The summed E-state index contributed by atoms with van der Waals surface area (Å²) in [5.74, 6) is 0.939. The normalized spacial score (nSPS) is 15.9. The maximum absolute atomic E-state index is 13.1. The third kappa shape index (κ3) is 5.16. The van der Waals surface area contributed by atoms with Crippen LogP contribution in [0.5, 0.6) is 11.5 Å². The van der Waals surface area contributed by atoms with Gasteiger partial charge in [-0.15, -0.1) is 0 Å². The van der Waals surface area contributed by atoms with Crippen LogP contribution in [0, 0.1) is 6.92 Å². The van der Waals surface area contributed by atoms with E-state index in [1.54, 1.807) is 7.11 Å². The van der Waals surface area contributed by atoms with E-state index in [1.807, 2.05) is 56.4 Å². The van der Waals surface area contributed by atoms with E-state index in [0.717, 1.165) is 52.5 Å². The molecule has 0 saturated heterocycles. The Kier molecular flexibility index (Phi) is 8.04. The highest BCUT2D eigenvalue weighted by Crippen LogP contribution is 2.49. The highest BCUT2D eigenvalue weighted by atomic mass is 16.5. The van der Waals surface area contributed by atoms with Gasteiger partial charge in [-0.2, -0.15) is 0 Å². The molecule has 1 unspecified atom stereocenters. The predicted octanol–water partition coefficient (Wildman–Crippen LogP) is 6.83. The average Bonchev–Trinajstić information content (AvgIpc) is 3.00. The van der Waals surface area contributed by atoms with E-state index in [-0.39, 0.29) is 0 Å². The maximum atomic E-state index is 13.1. The Morgan fingerprint density at radius 3 is 2.46 bits per heavy atom. The van der Waals surface area contributed by atoms with Crippen LogP contribution in [0.2, 0.25) is 0 Å². The SMILES string of the molecule is CNc1cc(CCCN(C)C)ccc1C1(c2ccccc2)C=Cc2c(C(=O)OC)c(C)c3ccc(OC)cc3c2O1. The van der Waals surface area contributed by atoms with Gasteiger partial charge in [-0.25, -0.2) is 4.79 Å². The van der Waals surface area contributed by atoms with Crippen molar-refractivity contribution >= 4 is 28.5 Å². The number of hydrogen-bond acceptors (Lipinski definition) is 6. The van der Waals surface area contributed by atoms with Gasteiger partial charge >= 0.3 is 5.97 Å². The minimum Gasteiger partial charge on any atom is -0.497 e. The highest BCUT2D eigenvalue weighted by Gasteiger charge is 2.41. The first kappa shape index (κ1) is 28.2. The molecule has 212 valence electrons. The molecule has 6 heteroatoms. The van der Waals surface area contributed by atoms with Gasteiger partial charge in [0.25, 0.3) is 0 Å². The van der Waals surface area contributed by atoms with Crippen LogP contribution in [-0.4, -0.2) is 52.8 Å². The molecule has 0 radical (unpaired) electrons. The summed E-state index contributed by atoms with van der Waals surface area (Å²) < 4.78 is 18.0. The number of carbonyl (C=O) groups excluding carboxylic acids is 1. The van der Waals surface area contributed by atoms with E-state index in [4.69, 9.17) is 14.2 Å². The molecule has 0 amide bonds. The summed E-state index contributed by atoms with van der Waals surface area (Å²) in [5, 5.41) is 5.22. The number of hydrogen-bond donors (Lipinski definition) is 1. The average molecular weight is 551 g/mol. The van der Waals surface area contributed by atoms with Crippen LogP contribution in [-0.2, 0) is 16.8 Å². The number of carbonyl (C=O) groups is 1. The summed E-state index contributed by atoms with van der Waals surface area (Å²) in [7, 11) is 9.21. The predicted molar refractivity (Wildman–Crippen MR) is 166 cm³/mol. The fourth-order valence-electron chi connectivity index (χ4n) is 5.81. The van der Waals surface area contributed by atoms with Crippen LogP contribution < -0.4 is 14.8 Å². The zero-order chi connectivity index (χ0) is 29.1. The van der Waals surface area contributed by atoms with Gasteiger partial charge in [0.2, 0.25) is 0 Å². The van der Waals surface area contributed by atoms with Crippen molar-refractivity contribution in [3.05, 3.63) is 106 Å². The Hall–Kier alpha value is -4.29. The number of ether oxygens (including phenoxy) is 3. The van der Waals surface area contributed by atoms with E-state index in [0.29, 0.717) is 22.6 Å². The van der Waals surface area contributed by atoms with Gasteiger partial charge in [0.05, 0.1) is 19.8 Å². The lowest BCUT2D eigenvalue weighted by molar-refractivity contribution is 0.0598. The monoisotopic (exact) mass is 550 g/mol. The molecule has 4 aromatic carbocycles. The second-order valence-electron chi connectivity index (χ2n) is 10.7. The van der Waals surface area contributed by atoms with Crippen molar-refractivity contribution in [1.82, 2.24) is 4.90 Å². The lowest BCUT2D eigenvalue weighted by atomic mass is 9.80. The van der Waals surface area contributed by atoms with Gasteiger partial charge in [0.1, 0.15) is 11.5 Å². The Labute approximate surface area is 242 Å². The molecule has 1 aliphatic heterocycles. The molecule has 0 aromatic heterocycles. The number of esters is 1. The number of methoxy groups -OCH3 is 2. The minimum absolute atomic E-state index is 0.394. The lowest BCUT2D eigenvalue weighted by Gasteiger charge is -2.38. The van der Waals surface area contributed by atoms with Gasteiger partial charge in [0.15, 0.2) is 5.60 Å². The summed E-state index contributed by atoms with van der Waals surface area (Å²) in [4.78, 5) is 15.3. The Balaban J connectivity index is 1.75. The zero-order valence-electron chi connectivity index (χ0n) is 24.7. The van der Waals surface area contributed by atoms with Crippen LogP contribution in [0.15, 0.2) is 72.8 Å². The summed E-state index contributed by atoms with van der Waals surface area (Å²) in [5.41, 5.74) is 5.32. The fraction of sp³-hybridized carbons (Fsp3) is 0.286. The standard InChI is InChI=1S/C35H38N2O4/c1-23-27-16-15-26(39-5)22-29(27)33-28(32(23)34(38)40-6)18-19-35(41-33,25-12-8-7-9-13-25)30-17-14-24(21-31(30)36-2)11-10-20-37(3)4/h7-9,12-19,21-22,36H,10-11,20H2,1-6H3. The number of nitrogens with zero attached hydrogens (tertiary/aromatic N) is 1. The fourth-order valence-corrected chi connectivity index (χ4v) is 5.81. The maximum Gasteiger partial charge on any atom is 0.338 e. The van der Waals surface area contributed by atoms with E-state index >= 15 is 0 Å². The Bertz CT molecular complexity index is 1610. The summed E-state index contributed by atoms with van der Waals surface area (Å²) >= 11 is 0. The van der Waals surface area contributed by atoms with Gasteiger partial charge in [-0.05, 0) is 87.3 Å². The number of aryl methyl sites for hydroxylation is 2. The molecule has 1 heterocycles. The van der Waals surface area contributed by atoms with Crippen molar-refractivity contribution in [3.8, 4) is 11.5 Å². The third-order valence-electron chi connectivity index (χ3n) is 7.93. The summed E-state index contributed by atoms with van der Waals surface area (Å²) in [6.07, 6.45) is 6.13. The van der Waals surface area contributed by atoms with Gasteiger partial charge in [-0.1, -0.05) is 48.5 Å². The number of nitrogens with one attached hydrogen (secondary N) is 1. The zero-order valence-corrected chi connectivity index (χ0v) is 24.7. The number of benzene rings is 4. The first-order chi connectivity index (χ1) is 19.8. The van der Waals surface area contributed by atoms with Crippen LogP contribution in [0.25, 0.3) is 16.8 Å². The molecule has 0 fully saturated rings. The van der Waals surface area contributed by atoms with Gasteiger partial charge in [-0.3, -0.25) is 0 Å². The smallest absolute Gasteiger partial charge is 0.338 e. The second-order valence-corrected chi connectivity index (χ2v) is 10.7. The quantitative estimate of drug-likeness (QED) is 0.231. The molecule has 1 atom stereocenters. The van der Waals surface area contributed by atoms with Crippen molar-refractivity contribution < 1.29 is 19.0 Å². The molecule has 0 spiro atoms. The summed E-state index contributed by atoms with van der Waals surface area (Å²) in [6, 6.07) is 22.6. The second kappa shape index (κ2) is 11.7. The Morgan fingerprint density at radius 2 is 1.78 bits per heavy atom. The van der Waals surface area contributed by atoms with Crippen molar-refractivity contribution in [2.24, 2.45) is 0 Å². The number of rotatable bonds is 9. The van der Waals surface area contributed by atoms with E-state index in [2.05, 4.69) is 60.7 Å². The van der Waals surface area contributed by atoms with Crippen LogP contribution in [0.4, 0.5) is 5.69 Å². The molecular formula is C35H38N2O4. The molecule has 1 N–H and O–H groups in total.